The number of hydrogen-bond acceptors (Lipinski definition) is 2. The largest absolute Gasteiger partial charge is 0.493 e. The van der Waals surface area contributed by atoms with E-state index in [1.807, 2.05) is 36.4 Å². The number of hydrogen-bond donors (Lipinski definition) is 0. The number of rotatable bonds is 8. The van der Waals surface area contributed by atoms with E-state index < -0.39 is 0 Å². The molecule has 0 spiro atoms. The summed E-state index contributed by atoms with van der Waals surface area (Å²) in [7, 11) is 0. The number of para-hydroxylation sites is 3. The third-order valence-electron chi connectivity index (χ3n) is 5.40. The highest BCUT2D eigenvalue weighted by Gasteiger charge is 2.15. The normalized spacial score (nSPS) is 11.4. The van der Waals surface area contributed by atoms with Crippen molar-refractivity contribution in [3.8, 4) is 17.1 Å². The zero-order valence-electron chi connectivity index (χ0n) is 17.8. The first-order valence-corrected chi connectivity index (χ1v) is 11.4. The van der Waals surface area contributed by atoms with Crippen LogP contribution in [0, 0.1) is 0 Å². The topological polar surface area (TPSA) is 27.1 Å². The van der Waals surface area contributed by atoms with Crippen LogP contribution in [0.1, 0.15) is 38.2 Å². The van der Waals surface area contributed by atoms with E-state index in [2.05, 4.69) is 42.7 Å². The molecule has 4 rings (SSSR count). The highest BCUT2D eigenvalue weighted by atomic mass is 35.5. The molecule has 160 valence electrons. The maximum absolute atomic E-state index is 6.50. The van der Waals surface area contributed by atoms with E-state index in [4.69, 9.17) is 32.9 Å². The van der Waals surface area contributed by atoms with Crippen LogP contribution in [-0.2, 0) is 6.54 Å². The van der Waals surface area contributed by atoms with Gasteiger partial charge in [0.15, 0.2) is 0 Å². The van der Waals surface area contributed by atoms with Crippen LogP contribution >= 0.6 is 23.2 Å². The van der Waals surface area contributed by atoms with Crippen molar-refractivity contribution in [2.24, 2.45) is 0 Å². The Labute approximate surface area is 193 Å². The monoisotopic (exact) mass is 452 g/mol. The number of benzene rings is 3. The molecule has 0 fully saturated rings. The summed E-state index contributed by atoms with van der Waals surface area (Å²) in [6, 6.07) is 22.0. The lowest BCUT2D eigenvalue weighted by atomic mass is 10.0. The zero-order chi connectivity index (χ0) is 21.8. The molecular weight excluding hydrogens is 427 g/mol. The Morgan fingerprint density at radius 3 is 2.52 bits per heavy atom. The Kier molecular flexibility index (Phi) is 6.84. The summed E-state index contributed by atoms with van der Waals surface area (Å²) < 4.78 is 8.33. The molecule has 1 heterocycles. The van der Waals surface area contributed by atoms with E-state index in [-0.39, 0.29) is 0 Å². The van der Waals surface area contributed by atoms with Crippen molar-refractivity contribution >= 4 is 34.2 Å². The molecule has 0 N–H and O–H groups in total. The fraction of sp³-hybridized carbons (Fsp3) is 0.269. The Morgan fingerprint density at radius 1 is 0.935 bits per heavy atom. The maximum atomic E-state index is 6.50. The van der Waals surface area contributed by atoms with E-state index in [1.165, 1.54) is 5.56 Å². The van der Waals surface area contributed by atoms with E-state index in [0.717, 1.165) is 47.6 Å². The molecule has 0 amide bonds. The third kappa shape index (κ3) is 4.89. The van der Waals surface area contributed by atoms with Crippen LogP contribution in [-0.4, -0.2) is 16.2 Å². The minimum Gasteiger partial charge on any atom is -0.493 e. The Hall–Kier alpha value is -2.49. The van der Waals surface area contributed by atoms with Gasteiger partial charge in [-0.2, -0.15) is 0 Å². The predicted molar refractivity (Wildman–Crippen MR) is 130 cm³/mol. The van der Waals surface area contributed by atoms with Crippen LogP contribution in [0.5, 0.6) is 5.75 Å². The van der Waals surface area contributed by atoms with Crippen molar-refractivity contribution in [3.05, 3.63) is 82.3 Å². The molecule has 4 aromatic rings. The van der Waals surface area contributed by atoms with Crippen LogP contribution in [0.15, 0.2) is 66.7 Å². The first-order valence-electron chi connectivity index (χ1n) is 10.7. The number of ether oxygens (including phenoxy) is 1. The highest BCUT2D eigenvalue weighted by Crippen LogP contribution is 2.32. The van der Waals surface area contributed by atoms with Gasteiger partial charge < -0.3 is 9.30 Å². The van der Waals surface area contributed by atoms with Crippen molar-refractivity contribution in [1.82, 2.24) is 9.55 Å². The van der Waals surface area contributed by atoms with Gasteiger partial charge in [0.05, 0.1) is 22.7 Å². The zero-order valence-corrected chi connectivity index (χ0v) is 19.3. The molecule has 3 nitrogen and oxygen atoms in total. The molecule has 0 unspecified atom stereocenters. The van der Waals surface area contributed by atoms with Gasteiger partial charge >= 0.3 is 0 Å². The SMILES string of the molecule is CC(C)c1ccccc1OCCCCn1c(-c2ccc(Cl)cc2Cl)nc2ccccc21. The van der Waals surface area contributed by atoms with E-state index in [0.29, 0.717) is 22.6 Å². The Balaban J connectivity index is 1.49. The average Bonchev–Trinajstić information content (AvgIpc) is 3.12. The van der Waals surface area contributed by atoms with Crippen LogP contribution in [0.25, 0.3) is 22.4 Å². The number of fused-ring (bicyclic) bond motifs is 1. The predicted octanol–water partition coefficient (Wildman–Crippen LogP) is 7.99. The fourth-order valence-corrected chi connectivity index (χ4v) is 4.31. The van der Waals surface area contributed by atoms with Gasteiger partial charge in [-0.1, -0.05) is 67.4 Å². The van der Waals surface area contributed by atoms with Gasteiger partial charge in [-0.05, 0) is 60.7 Å². The number of imidazole rings is 1. The van der Waals surface area contributed by atoms with E-state index in [1.54, 1.807) is 6.07 Å². The molecular formula is C26H26Cl2N2O. The Bertz CT molecular complexity index is 1180. The van der Waals surface area contributed by atoms with Crippen molar-refractivity contribution in [2.45, 2.75) is 39.2 Å². The van der Waals surface area contributed by atoms with Crippen molar-refractivity contribution < 1.29 is 4.74 Å². The summed E-state index contributed by atoms with van der Waals surface area (Å²) in [4.78, 5) is 4.86. The fourth-order valence-electron chi connectivity index (χ4n) is 3.82. The van der Waals surface area contributed by atoms with Gasteiger partial charge in [0, 0.05) is 17.1 Å². The Morgan fingerprint density at radius 2 is 1.71 bits per heavy atom. The molecule has 0 radical (unpaired) electrons. The maximum Gasteiger partial charge on any atom is 0.142 e. The molecule has 0 atom stereocenters. The summed E-state index contributed by atoms with van der Waals surface area (Å²) in [6.07, 6.45) is 1.93. The van der Waals surface area contributed by atoms with Crippen molar-refractivity contribution in [3.63, 3.8) is 0 Å². The van der Waals surface area contributed by atoms with Gasteiger partial charge in [0.2, 0.25) is 0 Å². The van der Waals surface area contributed by atoms with Crippen LogP contribution in [0.4, 0.5) is 0 Å². The van der Waals surface area contributed by atoms with Crippen molar-refractivity contribution in [2.75, 3.05) is 6.61 Å². The summed E-state index contributed by atoms with van der Waals surface area (Å²) in [6.45, 7) is 5.91. The lowest BCUT2D eigenvalue weighted by Crippen LogP contribution is -2.05. The first kappa shape index (κ1) is 21.7. The highest BCUT2D eigenvalue weighted by molar-refractivity contribution is 6.36. The second-order valence-electron chi connectivity index (χ2n) is 7.95. The average molecular weight is 453 g/mol. The van der Waals surface area contributed by atoms with Gasteiger partial charge in [-0.3, -0.25) is 0 Å². The first-order chi connectivity index (χ1) is 15.0. The number of aromatic nitrogens is 2. The minimum atomic E-state index is 0.445. The van der Waals surface area contributed by atoms with Crippen molar-refractivity contribution in [1.29, 1.82) is 0 Å². The summed E-state index contributed by atoms with van der Waals surface area (Å²) in [5.74, 6) is 2.30. The quantitative estimate of drug-likeness (QED) is 0.253. The molecule has 5 heteroatoms. The van der Waals surface area contributed by atoms with E-state index >= 15 is 0 Å². The lowest BCUT2D eigenvalue weighted by molar-refractivity contribution is 0.299. The second kappa shape index (κ2) is 9.76. The molecule has 0 aliphatic heterocycles. The number of unbranched alkanes of at least 4 members (excludes halogenated alkanes) is 1. The molecule has 3 aromatic carbocycles. The molecule has 0 aliphatic carbocycles. The van der Waals surface area contributed by atoms with Crippen LogP contribution in [0.3, 0.4) is 0 Å². The number of halogens is 2. The minimum absolute atomic E-state index is 0.445. The van der Waals surface area contributed by atoms with E-state index in [9.17, 15) is 0 Å². The van der Waals surface area contributed by atoms with Gasteiger partial charge in [-0.25, -0.2) is 4.98 Å². The number of aryl methyl sites for hydroxylation is 1. The molecule has 0 saturated carbocycles. The van der Waals surface area contributed by atoms with Crippen LogP contribution in [0.2, 0.25) is 10.0 Å². The standard InChI is InChI=1S/C26H26Cl2N2O/c1-18(2)20-9-3-6-12-25(20)31-16-8-7-15-30-24-11-5-4-10-23(24)29-26(30)21-14-13-19(27)17-22(21)28/h3-6,9-14,17-18H,7-8,15-16H2,1-2H3. The van der Waals surface area contributed by atoms with Gasteiger partial charge in [0.25, 0.3) is 0 Å². The third-order valence-corrected chi connectivity index (χ3v) is 5.95. The smallest absolute Gasteiger partial charge is 0.142 e. The summed E-state index contributed by atoms with van der Waals surface area (Å²) >= 11 is 12.6. The molecule has 31 heavy (non-hydrogen) atoms. The van der Waals surface area contributed by atoms with Gasteiger partial charge in [0.1, 0.15) is 11.6 Å². The van der Waals surface area contributed by atoms with Crippen LogP contribution < -0.4 is 4.74 Å². The molecule has 0 aliphatic rings. The summed E-state index contributed by atoms with van der Waals surface area (Å²) in [5, 5.41) is 1.23. The lowest BCUT2D eigenvalue weighted by Gasteiger charge is -2.14. The second-order valence-corrected chi connectivity index (χ2v) is 8.79. The number of nitrogens with zero attached hydrogens (tertiary/aromatic N) is 2. The van der Waals surface area contributed by atoms with Gasteiger partial charge in [-0.15, -0.1) is 0 Å². The molecule has 0 saturated heterocycles. The molecule has 1 aromatic heterocycles. The molecule has 0 bridgehead atoms. The summed E-state index contributed by atoms with van der Waals surface area (Å²) in [5.41, 5.74) is 4.22.